The number of carbonyl (C=O) groups is 2. The number of halogens is 1. The highest BCUT2D eigenvalue weighted by Crippen LogP contribution is 2.23. The normalized spacial score (nSPS) is 11.9. The molecule has 1 heterocycles. The van der Waals surface area contributed by atoms with Gasteiger partial charge in [0.15, 0.2) is 5.78 Å². The summed E-state index contributed by atoms with van der Waals surface area (Å²) in [6.07, 6.45) is 3.07. The van der Waals surface area contributed by atoms with Crippen LogP contribution >= 0.6 is 24.2 Å². The summed E-state index contributed by atoms with van der Waals surface area (Å²) in [7, 11) is 0. The molecule has 0 amide bonds. The molecule has 2 aromatic rings. The van der Waals surface area contributed by atoms with E-state index in [1.807, 2.05) is 0 Å². The lowest BCUT2D eigenvalue weighted by molar-refractivity contribution is -0.111. The minimum Gasteiger partial charge on any atom is -0.293 e. The van der Waals surface area contributed by atoms with Gasteiger partial charge in [0.05, 0.1) is 0 Å². The first-order chi connectivity index (χ1) is 9.09. The van der Waals surface area contributed by atoms with Crippen molar-refractivity contribution in [2.45, 2.75) is 5.92 Å². The van der Waals surface area contributed by atoms with E-state index >= 15 is 0 Å². The molecule has 3 nitrogen and oxygen atoms in total. The maximum Gasteiger partial charge on any atom is 0.201 e. The highest BCUT2D eigenvalue weighted by molar-refractivity contribution is 7.96. The van der Waals surface area contributed by atoms with E-state index in [4.69, 9.17) is 11.6 Å². The molecule has 0 aliphatic heterocycles. The average Bonchev–Trinajstić information content (AvgIpc) is 2.40. The van der Waals surface area contributed by atoms with Crippen LogP contribution in [0.5, 0.6) is 0 Å². The van der Waals surface area contributed by atoms with Crippen molar-refractivity contribution in [3.8, 4) is 0 Å². The number of hydrogen-bond acceptors (Lipinski definition) is 3. The van der Waals surface area contributed by atoms with E-state index in [0.29, 0.717) is 16.1 Å². The summed E-state index contributed by atoms with van der Waals surface area (Å²) in [6.45, 7) is 0. The maximum absolute atomic E-state index is 12.4. The number of carbonyl (C=O) groups excluding carboxylic acids is 2. The van der Waals surface area contributed by atoms with E-state index in [1.165, 1.54) is 12.4 Å². The third-order valence-corrected chi connectivity index (χ3v) is 3.19. The quantitative estimate of drug-likeness (QED) is 0.535. The number of Topliss-reactive ketones (excluding diaryl/α,β-unsaturated/α-hetero) is 1. The van der Waals surface area contributed by atoms with Gasteiger partial charge >= 0.3 is 0 Å². The number of benzene rings is 1. The van der Waals surface area contributed by atoms with Crippen LogP contribution in [0.3, 0.4) is 0 Å². The molecule has 1 aromatic carbocycles. The maximum atomic E-state index is 12.4. The molecule has 1 aromatic heterocycles. The van der Waals surface area contributed by atoms with Crippen molar-refractivity contribution >= 4 is 35.1 Å². The van der Waals surface area contributed by atoms with Crippen LogP contribution in [-0.2, 0) is 4.79 Å². The van der Waals surface area contributed by atoms with Crippen LogP contribution in [0.4, 0.5) is 0 Å². The van der Waals surface area contributed by atoms with Gasteiger partial charge in [-0.15, -0.1) is 12.6 Å². The molecular weight excluding hydrogens is 282 g/mol. The number of hydrogen-bond donors (Lipinski definition) is 1. The van der Waals surface area contributed by atoms with Crippen LogP contribution in [-0.4, -0.2) is 15.9 Å². The first kappa shape index (κ1) is 13.8. The molecule has 1 unspecified atom stereocenters. The number of thiol groups is 1. The molecular formula is C14H10ClNO2S. The Labute approximate surface area is 121 Å². The fraction of sp³-hybridized carbons (Fsp3) is 0.0714. The summed E-state index contributed by atoms with van der Waals surface area (Å²) in [5.74, 6) is -1.23. The van der Waals surface area contributed by atoms with Crippen LogP contribution in [0.1, 0.15) is 21.8 Å². The van der Waals surface area contributed by atoms with Gasteiger partial charge in [0.2, 0.25) is 5.12 Å². The molecule has 0 aliphatic carbocycles. The molecule has 2 rings (SSSR count). The van der Waals surface area contributed by atoms with E-state index in [2.05, 4.69) is 17.6 Å². The Morgan fingerprint density at radius 3 is 2.16 bits per heavy atom. The van der Waals surface area contributed by atoms with Gasteiger partial charge in [0, 0.05) is 23.0 Å². The molecule has 0 saturated carbocycles. The molecule has 5 heteroatoms. The largest absolute Gasteiger partial charge is 0.293 e. The van der Waals surface area contributed by atoms with Gasteiger partial charge in [0.1, 0.15) is 5.92 Å². The van der Waals surface area contributed by atoms with Gasteiger partial charge in [-0.3, -0.25) is 14.6 Å². The SMILES string of the molecule is O=C(S)C(C(=O)c1ccc(Cl)cc1)c1ccncc1. The van der Waals surface area contributed by atoms with Gasteiger partial charge in [0.25, 0.3) is 0 Å². The second-order valence-corrected chi connectivity index (χ2v) is 4.80. The predicted octanol–water partition coefficient (Wildman–Crippen LogP) is 3.16. The highest BCUT2D eigenvalue weighted by Gasteiger charge is 2.27. The summed E-state index contributed by atoms with van der Waals surface area (Å²) in [4.78, 5) is 27.9. The molecule has 96 valence electrons. The summed E-state index contributed by atoms with van der Waals surface area (Å²) < 4.78 is 0. The van der Waals surface area contributed by atoms with Gasteiger partial charge in [-0.2, -0.15) is 0 Å². The molecule has 0 saturated heterocycles. The van der Waals surface area contributed by atoms with Crippen LogP contribution < -0.4 is 0 Å². The minimum atomic E-state index is -0.924. The molecule has 0 bridgehead atoms. The van der Waals surface area contributed by atoms with Gasteiger partial charge in [-0.25, -0.2) is 0 Å². The first-order valence-corrected chi connectivity index (χ1v) is 6.34. The zero-order valence-electron chi connectivity index (χ0n) is 9.79. The summed E-state index contributed by atoms with van der Waals surface area (Å²) >= 11 is 9.58. The van der Waals surface area contributed by atoms with E-state index in [9.17, 15) is 9.59 Å². The third kappa shape index (κ3) is 3.22. The smallest absolute Gasteiger partial charge is 0.201 e. The van der Waals surface area contributed by atoms with Crippen molar-refractivity contribution in [1.29, 1.82) is 0 Å². The van der Waals surface area contributed by atoms with Gasteiger partial charge in [-0.05, 0) is 42.0 Å². The Morgan fingerprint density at radius 2 is 1.63 bits per heavy atom. The topological polar surface area (TPSA) is 47.0 Å². The highest BCUT2D eigenvalue weighted by atomic mass is 35.5. The van der Waals surface area contributed by atoms with E-state index in [-0.39, 0.29) is 5.78 Å². The van der Waals surface area contributed by atoms with Crippen molar-refractivity contribution in [3.63, 3.8) is 0 Å². The Hall–Kier alpha value is -1.65. The van der Waals surface area contributed by atoms with Crippen molar-refractivity contribution in [2.75, 3.05) is 0 Å². The molecule has 1 atom stereocenters. The monoisotopic (exact) mass is 291 g/mol. The van der Waals surface area contributed by atoms with Crippen molar-refractivity contribution in [2.24, 2.45) is 0 Å². The lowest BCUT2D eigenvalue weighted by atomic mass is 9.92. The molecule has 0 N–H and O–H groups in total. The van der Waals surface area contributed by atoms with Crippen molar-refractivity contribution in [1.82, 2.24) is 4.98 Å². The Morgan fingerprint density at radius 1 is 1.05 bits per heavy atom. The fourth-order valence-electron chi connectivity index (χ4n) is 1.74. The molecule has 0 fully saturated rings. The Bertz CT molecular complexity index is 599. The Balaban J connectivity index is 2.38. The van der Waals surface area contributed by atoms with E-state index in [1.54, 1.807) is 36.4 Å². The number of aromatic nitrogens is 1. The van der Waals surface area contributed by atoms with Gasteiger partial charge in [-0.1, -0.05) is 11.6 Å². The Kier molecular flexibility index (Phi) is 4.35. The molecule has 0 radical (unpaired) electrons. The molecule has 0 spiro atoms. The van der Waals surface area contributed by atoms with Crippen molar-refractivity contribution < 1.29 is 9.59 Å². The summed E-state index contributed by atoms with van der Waals surface area (Å²) in [5.41, 5.74) is 1.00. The summed E-state index contributed by atoms with van der Waals surface area (Å²) in [6, 6.07) is 9.67. The van der Waals surface area contributed by atoms with Crippen molar-refractivity contribution in [3.05, 3.63) is 64.9 Å². The number of rotatable bonds is 4. The number of pyridine rings is 1. The van der Waals surface area contributed by atoms with E-state index in [0.717, 1.165) is 0 Å². The minimum absolute atomic E-state index is 0.303. The van der Waals surface area contributed by atoms with Crippen LogP contribution in [0.15, 0.2) is 48.8 Å². The zero-order chi connectivity index (χ0) is 13.8. The average molecular weight is 292 g/mol. The molecule has 0 aliphatic rings. The standard InChI is InChI=1S/C14H10ClNO2S/c15-11-3-1-10(2-4-11)13(17)12(14(18)19)9-5-7-16-8-6-9/h1-8,12H,(H,18,19). The number of ketones is 1. The van der Waals surface area contributed by atoms with Crippen LogP contribution in [0, 0.1) is 0 Å². The summed E-state index contributed by atoms with van der Waals surface area (Å²) in [5, 5.41) is 0.0420. The zero-order valence-corrected chi connectivity index (χ0v) is 11.4. The van der Waals surface area contributed by atoms with Crippen LogP contribution in [0.2, 0.25) is 5.02 Å². The van der Waals surface area contributed by atoms with Crippen LogP contribution in [0.25, 0.3) is 0 Å². The third-order valence-electron chi connectivity index (χ3n) is 2.68. The second kappa shape index (κ2) is 5.99. The lowest BCUT2D eigenvalue weighted by Crippen LogP contribution is -2.18. The van der Waals surface area contributed by atoms with Gasteiger partial charge < -0.3 is 0 Å². The fourth-order valence-corrected chi connectivity index (χ4v) is 2.14. The molecule has 19 heavy (non-hydrogen) atoms. The first-order valence-electron chi connectivity index (χ1n) is 5.52. The lowest BCUT2D eigenvalue weighted by Gasteiger charge is -2.12. The number of nitrogens with zero attached hydrogens (tertiary/aromatic N) is 1. The van der Waals surface area contributed by atoms with E-state index < -0.39 is 11.0 Å². The predicted molar refractivity (Wildman–Crippen MR) is 76.8 cm³/mol. The second-order valence-electron chi connectivity index (χ2n) is 3.92.